The van der Waals surface area contributed by atoms with Crippen LogP contribution >= 0.6 is 11.3 Å². The Kier molecular flexibility index (Phi) is 5.46. The van der Waals surface area contributed by atoms with Crippen LogP contribution in [0.15, 0.2) is 35.7 Å². The molecule has 5 rings (SSSR count). The summed E-state index contributed by atoms with van der Waals surface area (Å²) in [6, 6.07) is 10.1. The molecule has 0 atom stereocenters. The highest BCUT2D eigenvalue weighted by atomic mass is 32.1. The predicted octanol–water partition coefficient (Wildman–Crippen LogP) is 4.16. The normalized spacial score (nSPS) is 14.7. The highest BCUT2D eigenvalue weighted by Gasteiger charge is 2.30. The number of amides is 1. The SMILES string of the molecule is COc1ccc2c(CCN(C)CCCN3Cc4cc5c(cc4C3=O)OCO5)csc2c1. The van der Waals surface area contributed by atoms with Gasteiger partial charge < -0.3 is 24.0 Å². The number of carbonyl (C=O) groups excluding carboxylic acids is 1. The molecule has 0 spiro atoms. The van der Waals surface area contributed by atoms with Gasteiger partial charge in [0.15, 0.2) is 11.5 Å². The number of thiophene rings is 1. The zero-order valence-electron chi connectivity index (χ0n) is 17.8. The van der Waals surface area contributed by atoms with Crippen LogP contribution in [0.5, 0.6) is 17.2 Å². The van der Waals surface area contributed by atoms with Crippen LogP contribution in [0.25, 0.3) is 10.1 Å². The van der Waals surface area contributed by atoms with E-state index in [1.807, 2.05) is 23.1 Å². The van der Waals surface area contributed by atoms with Crippen LogP contribution in [0, 0.1) is 0 Å². The summed E-state index contributed by atoms with van der Waals surface area (Å²) in [5.41, 5.74) is 3.17. The van der Waals surface area contributed by atoms with E-state index in [4.69, 9.17) is 14.2 Å². The van der Waals surface area contributed by atoms with Gasteiger partial charge in [-0.05, 0) is 78.7 Å². The number of hydrogen-bond acceptors (Lipinski definition) is 6. The van der Waals surface area contributed by atoms with E-state index in [2.05, 4.69) is 29.5 Å². The van der Waals surface area contributed by atoms with Gasteiger partial charge in [-0.2, -0.15) is 0 Å². The van der Waals surface area contributed by atoms with Gasteiger partial charge in [-0.25, -0.2) is 0 Å². The molecule has 0 N–H and O–H groups in total. The van der Waals surface area contributed by atoms with Gasteiger partial charge in [0.2, 0.25) is 6.79 Å². The van der Waals surface area contributed by atoms with Crippen LogP contribution in [0.4, 0.5) is 0 Å². The average Bonchev–Trinajstić information content (AvgIpc) is 3.48. The largest absolute Gasteiger partial charge is 0.497 e. The van der Waals surface area contributed by atoms with Gasteiger partial charge in [-0.15, -0.1) is 11.3 Å². The van der Waals surface area contributed by atoms with Crippen LogP contribution in [-0.2, 0) is 13.0 Å². The number of carbonyl (C=O) groups is 1. The molecule has 0 saturated carbocycles. The first-order chi connectivity index (χ1) is 15.1. The number of hydrogen-bond donors (Lipinski definition) is 0. The molecule has 2 aromatic carbocycles. The van der Waals surface area contributed by atoms with Crippen molar-refractivity contribution in [3.8, 4) is 17.2 Å². The number of nitrogens with zero attached hydrogens (tertiary/aromatic N) is 2. The van der Waals surface area contributed by atoms with E-state index in [0.29, 0.717) is 12.3 Å². The van der Waals surface area contributed by atoms with Gasteiger partial charge >= 0.3 is 0 Å². The quantitative estimate of drug-likeness (QED) is 0.529. The number of rotatable bonds is 8. The zero-order valence-corrected chi connectivity index (χ0v) is 18.7. The van der Waals surface area contributed by atoms with Crippen molar-refractivity contribution in [1.82, 2.24) is 9.80 Å². The van der Waals surface area contributed by atoms with Crippen molar-refractivity contribution in [2.75, 3.05) is 40.6 Å². The smallest absolute Gasteiger partial charge is 0.254 e. The van der Waals surface area contributed by atoms with Crippen molar-refractivity contribution in [2.45, 2.75) is 19.4 Å². The molecule has 3 heterocycles. The molecule has 0 unspecified atom stereocenters. The maximum Gasteiger partial charge on any atom is 0.254 e. The maximum atomic E-state index is 12.7. The first-order valence-electron chi connectivity index (χ1n) is 10.6. The molecule has 2 aliphatic rings. The average molecular weight is 439 g/mol. The predicted molar refractivity (Wildman–Crippen MR) is 122 cm³/mol. The molecule has 1 aromatic heterocycles. The van der Waals surface area contributed by atoms with Gasteiger partial charge in [-0.3, -0.25) is 4.79 Å². The number of methoxy groups -OCH3 is 1. The summed E-state index contributed by atoms with van der Waals surface area (Å²) in [5, 5.41) is 3.57. The molecule has 1 amide bonds. The van der Waals surface area contributed by atoms with E-state index in [1.54, 1.807) is 18.4 Å². The second kappa shape index (κ2) is 8.40. The van der Waals surface area contributed by atoms with Crippen molar-refractivity contribution in [2.24, 2.45) is 0 Å². The lowest BCUT2D eigenvalue weighted by Crippen LogP contribution is -2.29. The first kappa shape index (κ1) is 20.2. The molecule has 3 aromatic rings. The summed E-state index contributed by atoms with van der Waals surface area (Å²) < 4.78 is 17.4. The molecule has 0 fully saturated rings. The molecular formula is C24H26N2O4S. The fourth-order valence-electron chi connectivity index (χ4n) is 4.28. The van der Waals surface area contributed by atoms with E-state index < -0.39 is 0 Å². The third kappa shape index (κ3) is 3.95. The minimum absolute atomic E-state index is 0.0936. The monoisotopic (exact) mass is 438 g/mol. The Hall–Kier alpha value is -2.77. The highest BCUT2D eigenvalue weighted by molar-refractivity contribution is 7.17. The number of ether oxygens (including phenoxy) is 3. The van der Waals surface area contributed by atoms with E-state index in [9.17, 15) is 4.79 Å². The zero-order chi connectivity index (χ0) is 21.4. The number of benzene rings is 2. The Labute approximate surface area is 185 Å². The van der Waals surface area contributed by atoms with Gasteiger partial charge in [-0.1, -0.05) is 0 Å². The summed E-state index contributed by atoms with van der Waals surface area (Å²) in [6.45, 7) is 3.59. The lowest BCUT2D eigenvalue weighted by molar-refractivity contribution is 0.0771. The van der Waals surface area contributed by atoms with Crippen molar-refractivity contribution in [3.63, 3.8) is 0 Å². The Morgan fingerprint density at radius 2 is 2.00 bits per heavy atom. The fraction of sp³-hybridized carbons (Fsp3) is 0.375. The fourth-order valence-corrected chi connectivity index (χ4v) is 5.31. The third-order valence-corrected chi connectivity index (χ3v) is 7.06. The van der Waals surface area contributed by atoms with Crippen molar-refractivity contribution < 1.29 is 19.0 Å². The van der Waals surface area contributed by atoms with Crippen molar-refractivity contribution >= 4 is 27.3 Å². The summed E-state index contributed by atoms with van der Waals surface area (Å²) >= 11 is 1.77. The standard InChI is InChI=1S/C24H26N2O4S/c1-25(9-6-16-14-31-23-11-18(28-2)4-5-19(16)23)7-3-8-26-13-17-10-21-22(30-15-29-21)12-20(17)24(26)27/h4-5,10-12,14H,3,6-9,13,15H2,1-2H3. The Balaban J connectivity index is 1.11. The summed E-state index contributed by atoms with van der Waals surface area (Å²) in [5.74, 6) is 2.41. The molecule has 0 saturated heterocycles. The topological polar surface area (TPSA) is 51.2 Å². The van der Waals surface area contributed by atoms with E-state index in [-0.39, 0.29) is 12.7 Å². The van der Waals surface area contributed by atoms with Crippen molar-refractivity contribution in [3.05, 3.63) is 52.4 Å². The summed E-state index contributed by atoms with van der Waals surface area (Å²) in [7, 11) is 3.85. The lowest BCUT2D eigenvalue weighted by Gasteiger charge is -2.20. The van der Waals surface area contributed by atoms with Crippen LogP contribution in [0.1, 0.15) is 27.9 Å². The maximum absolute atomic E-state index is 12.7. The third-order valence-electron chi connectivity index (χ3n) is 6.07. The number of fused-ring (bicyclic) bond motifs is 3. The van der Waals surface area contributed by atoms with Gasteiger partial charge in [0.05, 0.1) is 7.11 Å². The molecule has 0 radical (unpaired) electrons. The molecule has 0 aliphatic carbocycles. The second-order valence-corrected chi connectivity index (χ2v) is 9.03. The molecule has 162 valence electrons. The lowest BCUT2D eigenvalue weighted by atomic mass is 10.1. The van der Waals surface area contributed by atoms with E-state index >= 15 is 0 Å². The molecule has 2 aliphatic heterocycles. The molecular weight excluding hydrogens is 412 g/mol. The highest BCUT2D eigenvalue weighted by Crippen LogP contribution is 2.38. The second-order valence-electron chi connectivity index (χ2n) is 8.12. The first-order valence-corrected chi connectivity index (χ1v) is 11.4. The molecule has 6 nitrogen and oxygen atoms in total. The van der Waals surface area contributed by atoms with Crippen LogP contribution < -0.4 is 14.2 Å². The number of likely N-dealkylation sites (N-methyl/N-ethyl adjacent to an activating group) is 1. The van der Waals surface area contributed by atoms with Gasteiger partial charge in [0, 0.05) is 29.9 Å². The van der Waals surface area contributed by atoms with Crippen LogP contribution in [-0.4, -0.2) is 56.3 Å². The van der Waals surface area contributed by atoms with Crippen molar-refractivity contribution in [1.29, 1.82) is 0 Å². The Morgan fingerprint density at radius 3 is 2.84 bits per heavy atom. The van der Waals surface area contributed by atoms with Gasteiger partial charge in [0.1, 0.15) is 5.75 Å². The Bertz CT molecular complexity index is 1130. The van der Waals surface area contributed by atoms with Crippen LogP contribution in [0.3, 0.4) is 0 Å². The summed E-state index contributed by atoms with van der Waals surface area (Å²) in [4.78, 5) is 17.0. The molecule has 31 heavy (non-hydrogen) atoms. The molecule has 7 heteroatoms. The summed E-state index contributed by atoms with van der Waals surface area (Å²) in [6.07, 6.45) is 1.97. The Morgan fingerprint density at radius 1 is 1.16 bits per heavy atom. The van der Waals surface area contributed by atoms with Gasteiger partial charge in [0.25, 0.3) is 5.91 Å². The minimum atomic E-state index is 0.0936. The van der Waals surface area contributed by atoms with E-state index in [1.165, 1.54) is 15.6 Å². The molecule has 0 bridgehead atoms. The van der Waals surface area contributed by atoms with Crippen LogP contribution in [0.2, 0.25) is 0 Å². The minimum Gasteiger partial charge on any atom is -0.497 e. The van der Waals surface area contributed by atoms with E-state index in [0.717, 1.165) is 55.1 Å².